The second-order valence-electron chi connectivity index (χ2n) is 2.21. The van der Waals surface area contributed by atoms with Gasteiger partial charge in [0.2, 0.25) is 5.91 Å². The van der Waals surface area contributed by atoms with Crippen LogP contribution in [0.15, 0.2) is 0 Å². The number of carboxylic acid groups (broad SMARTS) is 1. The quantitative estimate of drug-likeness (QED) is 0.424. The molecule has 0 aromatic carbocycles. The Morgan fingerprint density at radius 2 is 2.40 bits per heavy atom. The molecule has 0 aliphatic carbocycles. The normalized spacial score (nSPS) is 25.5. The van der Waals surface area contributed by atoms with Crippen molar-refractivity contribution in [3.8, 4) is 0 Å². The van der Waals surface area contributed by atoms with E-state index < -0.39 is 11.9 Å². The van der Waals surface area contributed by atoms with Gasteiger partial charge in [-0.1, -0.05) is 0 Å². The van der Waals surface area contributed by atoms with Crippen molar-refractivity contribution in [2.75, 3.05) is 6.54 Å². The zero-order valence-corrected chi connectivity index (χ0v) is 6.43. The Labute approximate surface area is 60.5 Å². The van der Waals surface area contributed by atoms with Gasteiger partial charge in [-0.05, 0) is 15.8 Å². The van der Waals surface area contributed by atoms with Crippen molar-refractivity contribution in [1.82, 2.24) is 4.67 Å². The minimum atomic E-state index is -1.02. The highest BCUT2D eigenvalue weighted by atomic mass is 31.0. The Balaban J connectivity index is 2.66. The molecule has 1 fully saturated rings. The number of aliphatic carboxylic acids is 1. The summed E-state index contributed by atoms with van der Waals surface area (Å²) in [7, 11) is 2.20. The molecule has 0 aromatic rings. The van der Waals surface area contributed by atoms with Crippen molar-refractivity contribution in [2.24, 2.45) is 5.92 Å². The van der Waals surface area contributed by atoms with Crippen LogP contribution in [0.3, 0.4) is 0 Å². The molecule has 1 aliphatic heterocycles. The molecule has 0 spiro atoms. The second kappa shape index (κ2) is 2.54. The van der Waals surface area contributed by atoms with Crippen molar-refractivity contribution < 1.29 is 14.7 Å². The van der Waals surface area contributed by atoms with Gasteiger partial charge in [0.05, 0.1) is 0 Å². The topological polar surface area (TPSA) is 57.6 Å². The van der Waals surface area contributed by atoms with Gasteiger partial charge in [0.15, 0.2) is 0 Å². The molecule has 2 atom stereocenters. The van der Waals surface area contributed by atoms with E-state index in [4.69, 9.17) is 5.11 Å². The predicted octanol–water partition coefficient (Wildman–Crippen LogP) is -0.290. The van der Waals surface area contributed by atoms with Crippen LogP contribution >= 0.6 is 9.39 Å². The molecular weight excluding hydrogens is 153 g/mol. The highest BCUT2D eigenvalue weighted by molar-refractivity contribution is 7.14. The Kier molecular flexibility index (Phi) is 1.90. The first-order valence-corrected chi connectivity index (χ1v) is 3.43. The third-order valence-electron chi connectivity index (χ3n) is 1.54. The molecule has 0 radical (unpaired) electrons. The van der Waals surface area contributed by atoms with Crippen LogP contribution in [-0.2, 0) is 9.59 Å². The lowest BCUT2D eigenvalue weighted by Crippen LogP contribution is -2.23. The van der Waals surface area contributed by atoms with Gasteiger partial charge in [0.1, 0.15) is 5.92 Å². The van der Waals surface area contributed by atoms with Crippen LogP contribution in [0.25, 0.3) is 0 Å². The standard InChI is InChI=1S/C5H8NO3P/c7-4-3(5(8)9)1-2-6(4)10/h3H,1-2,10H2,(H,8,9). The summed E-state index contributed by atoms with van der Waals surface area (Å²) in [5.74, 6) is -2.13. The Morgan fingerprint density at radius 1 is 1.80 bits per heavy atom. The summed E-state index contributed by atoms with van der Waals surface area (Å²) >= 11 is 0. The van der Waals surface area contributed by atoms with Gasteiger partial charge < -0.3 is 9.78 Å². The Hall–Kier alpha value is -0.630. The number of carbonyl (C=O) groups is 2. The third-order valence-corrected chi connectivity index (χ3v) is 2.05. The van der Waals surface area contributed by atoms with Crippen LogP contribution in [0.4, 0.5) is 0 Å². The highest BCUT2D eigenvalue weighted by Gasteiger charge is 2.34. The summed E-state index contributed by atoms with van der Waals surface area (Å²) in [6, 6.07) is 0. The fraction of sp³-hybridized carbons (Fsp3) is 0.600. The van der Waals surface area contributed by atoms with E-state index in [1.165, 1.54) is 4.67 Å². The molecule has 1 aliphatic rings. The number of carboxylic acids is 1. The zero-order valence-electron chi connectivity index (χ0n) is 5.28. The molecule has 10 heavy (non-hydrogen) atoms. The first-order chi connectivity index (χ1) is 4.63. The van der Waals surface area contributed by atoms with E-state index in [2.05, 4.69) is 9.39 Å². The lowest BCUT2D eigenvalue weighted by atomic mass is 10.1. The molecule has 4 nitrogen and oxygen atoms in total. The van der Waals surface area contributed by atoms with Crippen LogP contribution in [0, 0.1) is 5.92 Å². The summed E-state index contributed by atoms with van der Waals surface area (Å²) < 4.78 is 1.36. The van der Waals surface area contributed by atoms with Crippen molar-refractivity contribution in [3.63, 3.8) is 0 Å². The van der Waals surface area contributed by atoms with Crippen LogP contribution in [-0.4, -0.2) is 28.2 Å². The molecule has 2 unspecified atom stereocenters. The zero-order chi connectivity index (χ0) is 7.72. The maximum absolute atomic E-state index is 10.9. The number of amides is 1. The van der Waals surface area contributed by atoms with E-state index in [-0.39, 0.29) is 5.91 Å². The van der Waals surface area contributed by atoms with E-state index in [9.17, 15) is 9.59 Å². The molecule has 5 heteroatoms. The Bertz CT molecular complexity index is 182. The summed E-state index contributed by atoms with van der Waals surface area (Å²) in [5.41, 5.74) is 0. The highest BCUT2D eigenvalue weighted by Crippen LogP contribution is 2.20. The minimum Gasteiger partial charge on any atom is -0.481 e. The SMILES string of the molecule is O=C(O)C1CCN(P)C1=O. The van der Waals surface area contributed by atoms with Gasteiger partial charge in [-0.15, -0.1) is 0 Å². The number of hydrogen-bond donors (Lipinski definition) is 1. The van der Waals surface area contributed by atoms with Crippen molar-refractivity contribution in [1.29, 1.82) is 0 Å². The lowest BCUT2D eigenvalue weighted by molar-refractivity contribution is -0.146. The van der Waals surface area contributed by atoms with E-state index in [1.54, 1.807) is 0 Å². The predicted molar refractivity (Wildman–Crippen MR) is 37.2 cm³/mol. The average Bonchev–Trinajstić information content (AvgIpc) is 2.14. The molecule has 56 valence electrons. The molecule has 1 N–H and O–H groups in total. The summed E-state index contributed by atoms with van der Waals surface area (Å²) in [4.78, 5) is 21.2. The van der Waals surface area contributed by atoms with Gasteiger partial charge >= 0.3 is 5.97 Å². The number of hydrogen-bond acceptors (Lipinski definition) is 2. The largest absolute Gasteiger partial charge is 0.481 e. The fourth-order valence-electron chi connectivity index (χ4n) is 0.931. The molecule has 0 bridgehead atoms. The molecule has 1 saturated heterocycles. The number of nitrogens with zero attached hydrogens (tertiary/aromatic N) is 1. The first-order valence-electron chi connectivity index (χ1n) is 2.92. The first kappa shape index (κ1) is 7.48. The van der Waals surface area contributed by atoms with Crippen LogP contribution in [0.5, 0.6) is 0 Å². The van der Waals surface area contributed by atoms with Gasteiger partial charge in [-0.25, -0.2) is 0 Å². The summed E-state index contributed by atoms with van der Waals surface area (Å²) in [5, 5.41) is 8.44. The summed E-state index contributed by atoms with van der Waals surface area (Å²) in [6.07, 6.45) is 0.428. The lowest BCUT2D eigenvalue weighted by Gasteiger charge is -2.05. The van der Waals surface area contributed by atoms with Crippen LogP contribution in [0.2, 0.25) is 0 Å². The smallest absolute Gasteiger partial charge is 0.316 e. The van der Waals surface area contributed by atoms with Gasteiger partial charge in [-0.3, -0.25) is 9.59 Å². The maximum Gasteiger partial charge on any atom is 0.316 e. The Morgan fingerprint density at radius 3 is 2.60 bits per heavy atom. The van der Waals surface area contributed by atoms with Gasteiger partial charge in [0, 0.05) is 6.54 Å². The second-order valence-corrected chi connectivity index (χ2v) is 2.83. The maximum atomic E-state index is 10.9. The van der Waals surface area contributed by atoms with Crippen molar-refractivity contribution >= 4 is 21.3 Å². The monoisotopic (exact) mass is 161 g/mol. The van der Waals surface area contributed by atoms with Crippen LogP contribution in [0.1, 0.15) is 6.42 Å². The van der Waals surface area contributed by atoms with Crippen LogP contribution < -0.4 is 0 Å². The van der Waals surface area contributed by atoms with Crippen molar-refractivity contribution in [3.05, 3.63) is 0 Å². The fourth-order valence-corrected chi connectivity index (χ4v) is 1.26. The molecule has 1 amide bonds. The van der Waals surface area contributed by atoms with Crippen molar-refractivity contribution in [2.45, 2.75) is 6.42 Å². The van der Waals surface area contributed by atoms with Gasteiger partial charge in [-0.2, -0.15) is 0 Å². The van der Waals surface area contributed by atoms with E-state index in [1.807, 2.05) is 0 Å². The average molecular weight is 161 g/mol. The van der Waals surface area contributed by atoms with E-state index in [0.29, 0.717) is 13.0 Å². The number of rotatable bonds is 1. The summed E-state index contributed by atoms with van der Waals surface area (Å²) in [6.45, 7) is 0.528. The van der Waals surface area contributed by atoms with Gasteiger partial charge in [0.25, 0.3) is 0 Å². The molecular formula is C5H8NO3P. The van der Waals surface area contributed by atoms with E-state index >= 15 is 0 Å². The van der Waals surface area contributed by atoms with E-state index in [0.717, 1.165) is 0 Å². The minimum absolute atomic E-state index is 0.308. The molecule has 0 saturated carbocycles. The third kappa shape index (κ3) is 1.12. The molecule has 1 heterocycles. The molecule has 0 aromatic heterocycles. The molecule has 1 rings (SSSR count). The number of carbonyl (C=O) groups excluding carboxylic acids is 1.